The number of nitrogens with zero attached hydrogens (tertiary/aromatic N) is 1. The second kappa shape index (κ2) is 9.97. The smallest absolute Gasteiger partial charge is 0.329 e. The second-order valence-corrected chi connectivity index (χ2v) is 8.22. The van der Waals surface area contributed by atoms with Gasteiger partial charge in [0.05, 0.1) is 18.7 Å². The lowest BCUT2D eigenvalue weighted by molar-refractivity contribution is -0.123. The molecule has 8 heteroatoms. The third-order valence-corrected chi connectivity index (χ3v) is 5.53. The zero-order valence-corrected chi connectivity index (χ0v) is 19.4. The van der Waals surface area contributed by atoms with Crippen molar-refractivity contribution in [3.8, 4) is 11.5 Å². The third kappa shape index (κ3) is 5.21. The molecule has 3 aromatic rings. The van der Waals surface area contributed by atoms with Gasteiger partial charge < -0.3 is 14.8 Å². The molecule has 3 aromatic carbocycles. The minimum atomic E-state index is -0.559. The number of carbonyl (C=O) groups is 2. The average molecular weight is 481 g/mol. The van der Waals surface area contributed by atoms with E-state index in [-0.39, 0.29) is 12.2 Å². The number of rotatable bonds is 7. The molecule has 4 rings (SSSR count). The maximum absolute atomic E-state index is 13.1. The van der Waals surface area contributed by atoms with Crippen molar-refractivity contribution < 1.29 is 23.5 Å². The van der Waals surface area contributed by atoms with E-state index in [0.717, 1.165) is 16.0 Å². The Morgan fingerprint density at radius 1 is 1.06 bits per heavy atom. The first-order chi connectivity index (χ1) is 16.3. The van der Waals surface area contributed by atoms with Crippen molar-refractivity contribution in [3.63, 3.8) is 0 Å². The molecule has 0 unspecified atom stereocenters. The number of urea groups is 1. The molecular formula is C26H22ClFN2O4. The minimum absolute atomic E-state index is 0.0259. The van der Waals surface area contributed by atoms with E-state index in [9.17, 15) is 14.0 Å². The SMILES string of the molecule is COc1cc(/C=C2/NC(=O)N(Cc3ccc(F)cc3)C2=O)cc(Cl)c1OCc1cccc(C)c1. The maximum atomic E-state index is 13.1. The summed E-state index contributed by atoms with van der Waals surface area (Å²) in [6.07, 6.45) is 1.52. The highest BCUT2D eigenvalue weighted by atomic mass is 35.5. The van der Waals surface area contributed by atoms with E-state index in [2.05, 4.69) is 5.32 Å². The Bertz CT molecular complexity index is 1270. The van der Waals surface area contributed by atoms with Gasteiger partial charge in [-0.25, -0.2) is 9.18 Å². The van der Waals surface area contributed by atoms with E-state index in [4.69, 9.17) is 21.1 Å². The molecule has 0 atom stereocenters. The molecule has 34 heavy (non-hydrogen) atoms. The van der Waals surface area contributed by atoms with Crippen LogP contribution >= 0.6 is 11.6 Å². The van der Waals surface area contributed by atoms with Crippen LogP contribution < -0.4 is 14.8 Å². The van der Waals surface area contributed by atoms with Crippen LogP contribution in [0.25, 0.3) is 6.08 Å². The van der Waals surface area contributed by atoms with Gasteiger partial charge in [0.25, 0.3) is 5.91 Å². The molecule has 1 aliphatic rings. The van der Waals surface area contributed by atoms with Crippen LogP contribution in [0.5, 0.6) is 11.5 Å². The number of hydrogen-bond donors (Lipinski definition) is 1. The van der Waals surface area contributed by atoms with Gasteiger partial charge >= 0.3 is 6.03 Å². The zero-order valence-electron chi connectivity index (χ0n) is 18.6. The number of amides is 3. The summed E-state index contributed by atoms with van der Waals surface area (Å²) in [6, 6.07) is 16.3. The fourth-order valence-electron chi connectivity index (χ4n) is 3.57. The van der Waals surface area contributed by atoms with Crippen LogP contribution in [-0.4, -0.2) is 23.9 Å². The molecule has 174 valence electrons. The topological polar surface area (TPSA) is 67.9 Å². The van der Waals surface area contributed by atoms with E-state index < -0.39 is 17.8 Å². The molecular weight excluding hydrogens is 459 g/mol. The molecule has 6 nitrogen and oxygen atoms in total. The summed E-state index contributed by atoms with van der Waals surface area (Å²) in [5.41, 5.74) is 3.39. The Labute approximate surface area is 201 Å². The summed E-state index contributed by atoms with van der Waals surface area (Å²) in [5, 5.41) is 2.87. The normalized spacial score (nSPS) is 14.5. The fraction of sp³-hybridized carbons (Fsp3) is 0.154. The lowest BCUT2D eigenvalue weighted by Gasteiger charge is -2.14. The minimum Gasteiger partial charge on any atom is -0.493 e. The molecule has 0 aliphatic carbocycles. The predicted octanol–water partition coefficient (Wildman–Crippen LogP) is 5.47. The number of halogens is 2. The van der Waals surface area contributed by atoms with Gasteiger partial charge in [0.1, 0.15) is 18.1 Å². The van der Waals surface area contributed by atoms with E-state index >= 15 is 0 Å². The lowest BCUT2D eigenvalue weighted by atomic mass is 10.1. The standard InChI is InChI=1S/C26H22ClFN2O4/c1-16-4-3-5-18(10-16)15-34-24-21(27)11-19(13-23(24)33-2)12-22-25(31)30(26(32)29-22)14-17-6-8-20(28)9-7-17/h3-13H,14-15H2,1-2H3,(H,29,32)/b22-12+. The van der Waals surface area contributed by atoms with Gasteiger partial charge in [-0.15, -0.1) is 0 Å². The van der Waals surface area contributed by atoms with Crippen molar-refractivity contribution >= 4 is 29.6 Å². The maximum Gasteiger partial charge on any atom is 0.329 e. The molecule has 3 amide bonds. The summed E-state index contributed by atoms with van der Waals surface area (Å²) in [5.74, 6) is -0.109. The van der Waals surface area contributed by atoms with Crippen molar-refractivity contribution in [2.75, 3.05) is 7.11 Å². The first-order valence-corrected chi connectivity index (χ1v) is 10.9. The largest absolute Gasteiger partial charge is 0.493 e. The molecule has 1 heterocycles. The Hall–Kier alpha value is -3.84. The van der Waals surface area contributed by atoms with Crippen molar-refractivity contribution in [1.82, 2.24) is 10.2 Å². The highest BCUT2D eigenvalue weighted by Crippen LogP contribution is 2.37. The van der Waals surface area contributed by atoms with Crippen LogP contribution in [0.15, 0.2) is 66.4 Å². The molecule has 0 saturated carbocycles. The van der Waals surface area contributed by atoms with Crippen LogP contribution in [0.2, 0.25) is 5.02 Å². The first kappa shape index (κ1) is 23.3. The Morgan fingerprint density at radius 3 is 2.53 bits per heavy atom. The molecule has 0 spiro atoms. The zero-order chi connectivity index (χ0) is 24.2. The number of hydrogen-bond acceptors (Lipinski definition) is 4. The van der Waals surface area contributed by atoms with Crippen LogP contribution in [0, 0.1) is 12.7 Å². The summed E-state index contributed by atoms with van der Waals surface area (Å²) in [4.78, 5) is 26.2. The number of imide groups is 1. The van der Waals surface area contributed by atoms with Crippen LogP contribution in [0.3, 0.4) is 0 Å². The monoisotopic (exact) mass is 480 g/mol. The Morgan fingerprint density at radius 2 is 1.82 bits per heavy atom. The van der Waals surface area contributed by atoms with Crippen molar-refractivity contribution in [2.45, 2.75) is 20.1 Å². The van der Waals surface area contributed by atoms with Gasteiger partial charge in [-0.1, -0.05) is 53.6 Å². The van der Waals surface area contributed by atoms with E-state index in [1.54, 1.807) is 12.1 Å². The molecule has 1 saturated heterocycles. The number of methoxy groups -OCH3 is 1. The van der Waals surface area contributed by atoms with Gasteiger partial charge in [0.15, 0.2) is 11.5 Å². The number of nitrogens with one attached hydrogen (secondary N) is 1. The van der Waals surface area contributed by atoms with Crippen LogP contribution in [-0.2, 0) is 17.9 Å². The fourth-order valence-corrected chi connectivity index (χ4v) is 3.85. The molecule has 1 fully saturated rings. The van der Waals surface area contributed by atoms with Gasteiger partial charge in [0.2, 0.25) is 0 Å². The predicted molar refractivity (Wildman–Crippen MR) is 127 cm³/mol. The van der Waals surface area contributed by atoms with Crippen LogP contribution in [0.1, 0.15) is 22.3 Å². The van der Waals surface area contributed by atoms with Gasteiger partial charge in [-0.05, 0) is 54.0 Å². The quantitative estimate of drug-likeness (QED) is 0.360. The summed E-state index contributed by atoms with van der Waals surface area (Å²) in [6.45, 7) is 2.34. The lowest BCUT2D eigenvalue weighted by Crippen LogP contribution is -2.30. The van der Waals surface area contributed by atoms with Crippen LogP contribution in [0.4, 0.5) is 9.18 Å². The Balaban J connectivity index is 1.53. The molecule has 1 N–H and O–H groups in total. The molecule has 0 bridgehead atoms. The van der Waals surface area contributed by atoms with Gasteiger partial charge in [0, 0.05) is 0 Å². The van der Waals surface area contributed by atoms with Crippen molar-refractivity contribution in [1.29, 1.82) is 0 Å². The van der Waals surface area contributed by atoms with E-state index in [0.29, 0.717) is 34.3 Å². The van der Waals surface area contributed by atoms with E-state index in [1.807, 2.05) is 31.2 Å². The number of carbonyl (C=O) groups excluding carboxylic acids is 2. The summed E-state index contributed by atoms with van der Waals surface area (Å²) in [7, 11) is 1.50. The second-order valence-electron chi connectivity index (χ2n) is 7.82. The first-order valence-electron chi connectivity index (χ1n) is 10.5. The van der Waals surface area contributed by atoms with E-state index in [1.165, 1.54) is 37.5 Å². The molecule has 1 aliphatic heterocycles. The number of aryl methyl sites for hydroxylation is 1. The summed E-state index contributed by atoms with van der Waals surface area (Å²) < 4.78 is 24.5. The van der Waals surface area contributed by atoms with Gasteiger partial charge in [-0.3, -0.25) is 9.69 Å². The average Bonchev–Trinajstić information content (AvgIpc) is 3.06. The molecule has 0 radical (unpaired) electrons. The number of ether oxygens (including phenoxy) is 2. The highest BCUT2D eigenvalue weighted by molar-refractivity contribution is 6.32. The molecule has 0 aromatic heterocycles. The Kier molecular flexibility index (Phi) is 6.84. The van der Waals surface area contributed by atoms with Crippen molar-refractivity contribution in [3.05, 3.63) is 99.5 Å². The third-order valence-electron chi connectivity index (χ3n) is 5.24. The summed E-state index contributed by atoms with van der Waals surface area (Å²) >= 11 is 6.46. The highest BCUT2D eigenvalue weighted by Gasteiger charge is 2.33. The van der Waals surface area contributed by atoms with Gasteiger partial charge in [-0.2, -0.15) is 0 Å². The van der Waals surface area contributed by atoms with Crippen molar-refractivity contribution in [2.24, 2.45) is 0 Å². The number of benzene rings is 3.